The van der Waals surface area contributed by atoms with Gasteiger partial charge in [-0.15, -0.1) is 0 Å². The number of anilines is 1. The van der Waals surface area contributed by atoms with Crippen LogP contribution in [-0.4, -0.2) is 31.1 Å². The molecule has 0 atom stereocenters. The summed E-state index contributed by atoms with van der Waals surface area (Å²) in [4.78, 5) is 25.1. The number of benzene rings is 2. The zero-order valence-corrected chi connectivity index (χ0v) is 16.9. The Bertz CT molecular complexity index is 818. The SMILES string of the molecule is CCCOc1ccc(C(=O)Nc2ccccc2C(=O)NC(C)C)cc1OCC. The Labute approximate surface area is 166 Å². The fourth-order valence-electron chi connectivity index (χ4n) is 2.57. The van der Waals surface area contributed by atoms with Crippen LogP contribution >= 0.6 is 0 Å². The predicted molar refractivity (Wildman–Crippen MR) is 110 cm³/mol. The summed E-state index contributed by atoms with van der Waals surface area (Å²) >= 11 is 0. The largest absolute Gasteiger partial charge is 0.490 e. The fourth-order valence-corrected chi connectivity index (χ4v) is 2.57. The first-order valence-electron chi connectivity index (χ1n) is 9.57. The highest BCUT2D eigenvalue weighted by Crippen LogP contribution is 2.29. The molecule has 28 heavy (non-hydrogen) atoms. The number of ether oxygens (including phenoxy) is 2. The van der Waals surface area contributed by atoms with Gasteiger partial charge in [0.05, 0.1) is 24.5 Å². The van der Waals surface area contributed by atoms with Gasteiger partial charge < -0.3 is 20.1 Å². The number of nitrogens with one attached hydrogen (secondary N) is 2. The van der Waals surface area contributed by atoms with Gasteiger partial charge in [-0.05, 0) is 57.5 Å². The van der Waals surface area contributed by atoms with Gasteiger partial charge in [0, 0.05) is 11.6 Å². The minimum atomic E-state index is -0.326. The molecule has 0 heterocycles. The molecule has 6 nitrogen and oxygen atoms in total. The molecule has 2 N–H and O–H groups in total. The lowest BCUT2D eigenvalue weighted by molar-refractivity contribution is 0.0944. The Morgan fingerprint density at radius 1 is 0.964 bits per heavy atom. The van der Waals surface area contributed by atoms with Crippen LogP contribution in [0.25, 0.3) is 0 Å². The maximum absolute atomic E-state index is 12.8. The topological polar surface area (TPSA) is 76.7 Å². The number of amides is 2. The lowest BCUT2D eigenvalue weighted by Crippen LogP contribution is -2.31. The zero-order valence-electron chi connectivity index (χ0n) is 16.9. The van der Waals surface area contributed by atoms with Crippen molar-refractivity contribution >= 4 is 17.5 Å². The minimum absolute atomic E-state index is 0.000624. The average Bonchev–Trinajstić information content (AvgIpc) is 2.67. The smallest absolute Gasteiger partial charge is 0.255 e. The highest BCUT2D eigenvalue weighted by molar-refractivity contribution is 6.09. The molecule has 0 saturated carbocycles. The Balaban J connectivity index is 2.23. The lowest BCUT2D eigenvalue weighted by Gasteiger charge is -2.15. The standard InChI is InChI=1S/C22H28N2O4/c1-5-13-28-19-12-11-16(14-20(19)27-6-2)21(25)24-18-10-8-7-9-17(18)22(26)23-15(3)4/h7-12,14-15H,5-6,13H2,1-4H3,(H,23,26)(H,24,25). The number of carbonyl (C=O) groups excluding carboxylic acids is 2. The number of hydrogen-bond acceptors (Lipinski definition) is 4. The van der Waals surface area contributed by atoms with Crippen LogP contribution < -0.4 is 20.1 Å². The maximum Gasteiger partial charge on any atom is 0.255 e. The maximum atomic E-state index is 12.8. The Kier molecular flexibility index (Phi) is 7.87. The van der Waals surface area contributed by atoms with Crippen molar-refractivity contribution in [3.05, 3.63) is 53.6 Å². The monoisotopic (exact) mass is 384 g/mol. The quantitative estimate of drug-likeness (QED) is 0.677. The first-order valence-corrected chi connectivity index (χ1v) is 9.57. The molecule has 0 aliphatic carbocycles. The van der Waals surface area contributed by atoms with E-state index in [4.69, 9.17) is 9.47 Å². The molecule has 0 aliphatic heterocycles. The van der Waals surface area contributed by atoms with E-state index in [0.29, 0.717) is 41.5 Å². The van der Waals surface area contributed by atoms with Crippen LogP contribution in [0.15, 0.2) is 42.5 Å². The van der Waals surface area contributed by atoms with Crippen LogP contribution in [0.4, 0.5) is 5.69 Å². The van der Waals surface area contributed by atoms with Crippen LogP contribution in [0.5, 0.6) is 11.5 Å². The van der Waals surface area contributed by atoms with Crippen molar-refractivity contribution in [2.24, 2.45) is 0 Å². The van der Waals surface area contributed by atoms with E-state index in [1.165, 1.54) is 0 Å². The minimum Gasteiger partial charge on any atom is -0.490 e. The van der Waals surface area contributed by atoms with Gasteiger partial charge >= 0.3 is 0 Å². The van der Waals surface area contributed by atoms with E-state index in [2.05, 4.69) is 10.6 Å². The zero-order chi connectivity index (χ0) is 20.5. The second kappa shape index (κ2) is 10.3. The van der Waals surface area contributed by atoms with Crippen molar-refractivity contribution in [1.29, 1.82) is 0 Å². The first-order chi connectivity index (χ1) is 13.5. The average molecular weight is 384 g/mol. The van der Waals surface area contributed by atoms with Crippen molar-refractivity contribution in [3.63, 3.8) is 0 Å². The third kappa shape index (κ3) is 5.74. The molecule has 2 amide bonds. The molecule has 0 aliphatic rings. The molecule has 0 spiro atoms. The van der Waals surface area contributed by atoms with E-state index in [0.717, 1.165) is 6.42 Å². The van der Waals surface area contributed by atoms with Gasteiger partial charge in [-0.25, -0.2) is 0 Å². The normalized spacial score (nSPS) is 10.5. The van der Waals surface area contributed by atoms with E-state index in [1.54, 1.807) is 42.5 Å². The van der Waals surface area contributed by atoms with Gasteiger partial charge in [0.25, 0.3) is 11.8 Å². The van der Waals surface area contributed by atoms with Crippen LogP contribution in [0.2, 0.25) is 0 Å². The predicted octanol–water partition coefficient (Wildman–Crippen LogP) is 4.26. The van der Waals surface area contributed by atoms with E-state index in [1.807, 2.05) is 27.7 Å². The van der Waals surface area contributed by atoms with Crippen molar-refractivity contribution < 1.29 is 19.1 Å². The molecular formula is C22H28N2O4. The van der Waals surface area contributed by atoms with Gasteiger partial charge in [-0.1, -0.05) is 19.1 Å². The summed E-state index contributed by atoms with van der Waals surface area (Å²) in [6.07, 6.45) is 0.878. The van der Waals surface area contributed by atoms with Crippen LogP contribution in [0.1, 0.15) is 54.8 Å². The summed E-state index contributed by atoms with van der Waals surface area (Å²) in [6, 6.07) is 12.0. The Hall–Kier alpha value is -3.02. The number of para-hydroxylation sites is 1. The lowest BCUT2D eigenvalue weighted by atomic mass is 10.1. The van der Waals surface area contributed by atoms with Crippen molar-refractivity contribution in [2.75, 3.05) is 18.5 Å². The summed E-state index contributed by atoms with van der Waals surface area (Å²) in [5.41, 5.74) is 1.29. The van der Waals surface area contributed by atoms with Crippen molar-refractivity contribution in [1.82, 2.24) is 5.32 Å². The second-order valence-electron chi connectivity index (χ2n) is 6.57. The molecule has 0 fully saturated rings. The molecule has 0 unspecified atom stereocenters. The molecule has 0 aromatic heterocycles. The number of carbonyl (C=O) groups is 2. The van der Waals surface area contributed by atoms with Crippen LogP contribution in [0.3, 0.4) is 0 Å². The van der Waals surface area contributed by atoms with Crippen molar-refractivity contribution in [3.8, 4) is 11.5 Å². The van der Waals surface area contributed by atoms with Gasteiger partial charge in [0.15, 0.2) is 11.5 Å². The fraction of sp³-hybridized carbons (Fsp3) is 0.364. The third-order valence-corrected chi connectivity index (χ3v) is 3.81. The molecule has 2 aromatic rings. The van der Waals surface area contributed by atoms with Gasteiger partial charge in [-0.2, -0.15) is 0 Å². The Morgan fingerprint density at radius 2 is 1.71 bits per heavy atom. The summed E-state index contributed by atoms with van der Waals surface area (Å²) in [6.45, 7) is 8.71. The van der Waals surface area contributed by atoms with E-state index in [-0.39, 0.29) is 17.9 Å². The van der Waals surface area contributed by atoms with E-state index >= 15 is 0 Å². The summed E-state index contributed by atoms with van der Waals surface area (Å²) < 4.78 is 11.3. The number of hydrogen-bond donors (Lipinski definition) is 2. The highest BCUT2D eigenvalue weighted by Gasteiger charge is 2.16. The number of rotatable bonds is 9. The molecule has 0 radical (unpaired) electrons. The highest BCUT2D eigenvalue weighted by atomic mass is 16.5. The molecule has 150 valence electrons. The molecular weight excluding hydrogens is 356 g/mol. The second-order valence-corrected chi connectivity index (χ2v) is 6.57. The van der Waals surface area contributed by atoms with Gasteiger partial charge in [0.2, 0.25) is 0 Å². The van der Waals surface area contributed by atoms with Crippen molar-refractivity contribution in [2.45, 2.75) is 40.2 Å². The van der Waals surface area contributed by atoms with Gasteiger partial charge in [0.1, 0.15) is 0 Å². The molecule has 2 aromatic carbocycles. The first kappa shape index (κ1) is 21.3. The summed E-state index contributed by atoms with van der Waals surface area (Å²) in [5.74, 6) is 0.573. The van der Waals surface area contributed by atoms with Crippen LogP contribution in [-0.2, 0) is 0 Å². The van der Waals surface area contributed by atoms with Crippen LogP contribution in [0, 0.1) is 0 Å². The third-order valence-electron chi connectivity index (χ3n) is 3.81. The van der Waals surface area contributed by atoms with E-state index < -0.39 is 0 Å². The van der Waals surface area contributed by atoms with E-state index in [9.17, 15) is 9.59 Å². The van der Waals surface area contributed by atoms with Gasteiger partial charge in [-0.3, -0.25) is 9.59 Å². The molecule has 6 heteroatoms. The molecule has 0 saturated heterocycles. The molecule has 0 bridgehead atoms. The summed E-state index contributed by atoms with van der Waals surface area (Å²) in [5, 5.41) is 5.66. The molecule has 2 rings (SSSR count). The Morgan fingerprint density at radius 3 is 2.39 bits per heavy atom. The summed E-state index contributed by atoms with van der Waals surface area (Å²) in [7, 11) is 0.